The Hall–Kier alpha value is -1.69. The number of halogens is 2. The first-order valence-electron chi connectivity index (χ1n) is 4.16. The van der Waals surface area contributed by atoms with Crippen LogP contribution < -0.4 is 16.0 Å². The highest BCUT2D eigenvalue weighted by Gasteiger charge is 2.15. The molecule has 0 aliphatic carbocycles. The van der Waals surface area contributed by atoms with E-state index in [-0.39, 0.29) is 5.75 Å². The first-order valence-corrected chi connectivity index (χ1v) is 4.16. The molecular weight excluding hydrogens is 206 g/mol. The van der Waals surface area contributed by atoms with Gasteiger partial charge in [-0.3, -0.25) is 10.2 Å². The third-order valence-electron chi connectivity index (χ3n) is 1.71. The minimum atomic E-state index is -0.949. The van der Waals surface area contributed by atoms with Crippen LogP contribution in [0.1, 0.15) is 6.92 Å². The quantitative estimate of drug-likeness (QED) is 0.444. The topological polar surface area (TPSA) is 64.3 Å². The maximum atomic E-state index is 13.1. The third-order valence-corrected chi connectivity index (χ3v) is 1.71. The summed E-state index contributed by atoms with van der Waals surface area (Å²) in [6, 6.07) is 2.80. The van der Waals surface area contributed by atoms with E-state index in [0.29, 0.717) is 6.07 Å². The summed E-state index contributed by atoms with van der Waals surface area (Å²) in [5.41, 5.74) is 1.86. The minimum Gasteiger partial charge on any atom is -0.478 e. The number of ether oxygens (including phenoxy) is 1. The molecule has 0 unspecified atom stereocenters. The molecule has 1 aromatic carbocycles. The molecule has 0 radical (unpaired) electrons. The van der Waals surface area contributed by atoms with Crippen LogP contribution in [0.4, 0.5) is 8.78 Å². The molecule has 0 aliphatic heterocycles. The molecule has 4 nitrogen and oxygen atoms in total. The van der Waals surface area contributed by atoms with Crippen LogP contribution in [0.25, 0.3) is 0 Å². The number of rotatable bonds is 3. The van der Waals surface area contributed by atoms with Crippen LogP contribution in [0.3, 0.4) is 0 Å². The molecule has 1 atom stereocenters. The van der Waals surface area contributed by atoms with Crippen LogP contribution >= 0.6 is 0 Å². The summed E-state index contributed by atoms with van der Waals surface area (Å²) in [5, 5.41) is 0. The number of hydrazine groups is 1. The first-order chi connectivity index (χ1) is 7.04. The number of hydrogen-bond acceptors (Lipinski definition) is 3. The van der Waals surface area contributed by atoms with Crippen molar-refractivity contribution in [3.8, 4) is 5.75 Å². The molecule has 0 spiro atoms. The molecule has 1 amide bonds. The lowest BCUT2D eigenvalue weighted by Crippen LogP contribution is -2.40. The van der Waals surface area contributed by atoms with Crippen molar-refractivity contribution >= 4 is 5.91 Å². The van der Waals surface area contributed by atoms with Gasteiger partial charge in [-0.25, -0.2) is 14.6 Å². The predicted octanol–water partition coefficient (Wildman–Crippen LogP) is 0.722. The fraction of sp³-hybridized carbons (Fsp3) is 0.222. The van der Waals surface area contributed by atoms with Gasteiger partial charge < -0.3 is 4.74 Å². The summed E-state index contributed by atoms with van der Waals surface area (Å²) in [4.78, 5) is 10.9. The van der Waals surface area contributed by atoms with E-state index in [9.17, 15) is 13.6 Å². The molecule has 0 aliphatic rings. The summed E-state index contributed by atoms with van der Waals surface area (Å²) >= 11 is 0. The summed E-state index contributed by atoms with van der Waals surface area (Å²) < 4.78 is 30.5. The Morgan fingerprint density at radius 2 is 2.20 bits per heavy atom. The Bertz CT molecular complexity index is 371. The molecular formula is C9H10F2N2O2. The van der Waals surface area contributed by atoms with Gasteiger partial charge in [0.25, 0.3) is 5.91 Å². The third kappa shape index (κ3) is 2.88. The molecule has 15 heavy (non-hydrogen) atoms. The van der Waals surface area contributed by atoms with Crippen molar-refractivity contribution in [3.63, 3.8) is 0 Å². The number of benzene rings is 1. The van der Waals surface area contributed by atoms with Crippen LogP contribution in [0.2, 0.25) is 0 Å². The average molecular weight is 216 g/mol. The number of nitrogens with one attached hydrogen (secondary N) is 1. The van der Waals surface area contributed by atoms with Crippen LogP contribution in [-0.4, -0.2) is 12.0 Å². The smallest absolute Gasteiger partial charge is 0.274 e. The standard InChI is InChI=1S/C9H10F2N2O2/c1-5(9(14)13-12)15-8-3-2-6(10)4-7(8)11/h2-5H,12H2,1H3,(H,13,14)/t5-/m0/s1. The fourth-order valence-corrected chi connectivity index (χ4v) is 0.932. The molecule has 0 fully saturated rings. The van der Waals surface area contributed by atoms with Crippen molar-refractivity contribution in [2.75, 3.05) is 0 Å². The molecule has 0 saturated carbocycles. The van der Waals surface area contributed by atoms with Gasteiger partial charge in [-0.05, 0) is 19.1 Å². The summed E-state index contributed by atoms with van der Waals surface area (Å²) in [5.74, 6) is 2.47. The van der Waals surface area contributed by atoms with E-state index < -0.39 is 23.6 Å². The van der Waals surface area contributed by atoms with E-state index >= 15 is 0 Å². The summed E-state index contributed by atoms with van der Waals surface area (Å²) in [6.07, 6.45) is -0.949. The number of carbonyl (C=O) groups excluding carboxylic acids is 1. The van der Waals surface area contributed by atoms with Gasteiger partial charge in [-0.2, -0.15) is 0 Å². The molecule has 82 valence electrons. The first kappa shape index (κ1) is 11.4. The zero-order valence-electron chi connectivity index (χ0n) is 7.96. The maximum Gasteiger partial charge on any atom is 0.274 e. The van der Waals surface area contributed by atoms with Gasteiger partial charge in [-0.1, -0.05) is 0 Å². The van der Waals surface area contributed by atoms with E-state index in [2.05, 4.69) is 0 Å². The Balaban J connectivity index is 2.76. The molecule has 3 N–H and O–H groups in total. The lowest BCUT2D eigenvalue weighted by molar-refractivity contribution is -0.127. The molecule has 1 aromatic rings. The normalized spacial score (nSPS) is 12.0. The zero-order chi connectivity index (χ0) is 11.4. The lowest BCUT2D eigenvalue weighted by atomic mass is 10.3. The average Bonchev–Trinajstić information content (AvgIpc) is 2.20. The highest BCUT2D eigenvalue weighted by molar-refractivity contribution is 5.80. The second-order valence-electron chi connectivity index (χ2n) is 2.84. The Labute approximate surface area is 85.0 Å². The molecule has 1 rings (SSSR count). The predicted molar refractivity (Wildman–Crippen MR) is 48.8 cm³/mol. The summed E-state index contributed by atoms with van der Waals surface area (Å²) in [7, 11) is 0. The number of amides is 1. The van der Waals surface area contributed by atoms with E-state index in [0.717, 1.165) is 12.1 Å². The van der Waals surface area contributed by atoms with Gasteiger partial charge in [0.1, 0.15) is 5.82 Å². The Morgan fingerprint density at radius 1 is 1.53 bits per heavy atom. The van der Waals surface area contributed by atoms with Crippen molar-refractivity contribution in [2.45, 2.75) is 13.0 Å². The van der Waals surface area contributed by atoms with Crippen molar-refractivity contribution in [1.82, 2.24) is 5.43 Å². The Kier molecular flexibility index (Phi) is 3.56. The second-order valence-corrected chi connectivity index (χ2v) is 2.84. The van der Waals surface area contributed by atoms with Gasteiger partial charge >= 0.3 is 0 Å². The van der Waals surface area contributed by atoms with Crippen molar-refractivity contribution in [3.05, 3.63) is 29.8 Å². The van der Waals surface area contributed by atoms with Gasteiger partial charge in [0.2, 0.25) is 0 Å². The second kappa shape index (κ2) is 4.70. The van der Waals surface area contributed by atoms with Crippen LogP contribution in [0.15, 0.2) is 18.2 Å². The highest BCUT2D eigenvalue weighted by atomic mass is 19.1. The monoisotopic (exact) mass is 216 g/mol. The molecule has 0 aromatic heterocycles. The van der Waals surface area contributed by atoms with E-state index in [1.54, 1.807) is 0 Å². The van der Waals surface area contributed by atoms with Gasteiger partial charge in [-0.15, -0.1) is 0 Å². The number of nitrogens with two attached hydrogens (primary N) is 1. The molecule has 6 heteroatoms. The molecule has 0 bridgehead atoms. The van der Waals surface area contributed by atoms with E-state index in [4.69, 9.17) is 10.6 Å². The molecule has 0 saturated heterocycles. The van der Waals surface area contributed by atoms with Gasteiger partial charge in [0, 0.05) is 6.07 Å². The van der Waals surface area contributed by atoms with Crippen molar-refractivity contribution < 1.29 is 18.3 Å². The van der Waals surface area contributed by atoms with Gasteiger partial charge in [0.05, 0.1) is 0 Å². The zero-order valence-corrected chi connectivity index (χ0v) is 7.96. The fourth-order valence-electron chi connectivity index (χ4n) is 0.932. The van der Waals surface area contributed by atoms with Crippen molar-refractivity contribution in [1.29, 1.82) is 0 Å². The number of carbonyl (C=O) groups is 1. The Morgan fingerprint density at radius 3 is 2.73 bits per heavy atom. The largest absolute Gasteiger partial charge is 0.478 e. The van der Waals surface area contributed by atoms with Crippen LogP contribution in [0, 0.1) is 11.6 Å². The van der Waals surface area contributed by atoms with Crippen LogP contribution in [0.5, 0.6) is 5.75 Å². The number of hydrogen-bond donors (Lipinski definition) is 2. The van der Waals surface area contributed by atoms with E-state index in [1.807, 2.05) is 5.43 Å². The van der Waals surface area contributed by atoms with Crippen LogP contribution in [-0.2, 0) is 4.79 Å². The SMILES string of the molecule is C[C@H](Oc1ccc(F)cc1F)C(=O)NN. The van der Waals surface area contributed by atoms with Crippen molar-refractivity contribution in [2.24, 2.45) is 5.84 Å². The highest BCUT2D eigenvalue weighted by Crippen LogP contribution is 2.18. The van der Waals surface area contributed by atoms with E-state index in [1.165, 1.54) is 6.92 Å². The maximum absolute atomic E-state index is 13.1. The molecule has 0 heterocycles. The lowest BCUT2D eigenvalue weighted by Gasteiger charge is -2.13. The minimum absolute atomic E-state index is 0.201. The van der Waals surface area contributed by atoms with Gasteiger partial charge in [0.15, 0.2) is 17.7 Å². The summed E-state index contributed by atoms with van der Waals surface area (Å²) in [6.45, 7) is 1.39.